The Morgan fingerprint density at radius 3 is 2.27 bits per heavy atom. The number of carbonyl (C=O) groups excluding carboxylic acids is 3. The second kappa shape index (κ2) is 10.1. The summed E-state index contributed by atoms with van der Waals surface area (Å²) in [7, 11) is 0. The van der Waals surface area contributed by atoms with E-state index in [0.717, 1.165) is 12.8 Å². The van der Waals surface area contributed by atoms with Gasteiger partial charge in [-0.2, -0.15) is 0 Å². The highest BCUT2D eigenvalue weighted by atomic mass is 16.5. The predicted molar refractivity (Wildman–Crippen MR) is 97.3 cm³/mol. The summed E-state index contributed by atoms with van der Waals surface area (Å²) < 4.78 is 10.2. The molecule has 0 fully saturated rings. The number of ether oxygens (including phenoxy) is 2. The first-order valence-electron chi connectivity index (χ1n) is 8.60. The van der Waals surface area contributed by atoms with Crippen molar-refractivity contribution in [2.24, 2.45) is 0 Å². The van der Waals surface area contributed by atoms with Crippen LogP contribution in [0.15, 0.2) is 54.6 Å². The van der Waals surface area contributed by atoms with Crippen LogP contribution >= 0.6 is 0 Å². The number of rotatable bonds is 10. The first-order chi connectivity index (χ1) is 12.6. The molecule has 5 nitrogen and oxygen atoms in total. The van der Waals surface area contributed by atoms with Crippen molar-refractivity contribution < 1.29 is 23.9 Å². The van der Waals surface area contributed by atoms with Crippen LogP contribution in [-0.2, 0) is 20.7 Å². The number of aryl methyl sites for hydroxylation is 1. The molecule has 0 aromatic heterocycles. The fraction of sp³-hybridized carbons (Fsp3) is 0.286. The van der Waals surface area contributed by atoms with Crippen LogP contribution in [0.5, 0.6) is 5.75 Å². The molecule has 5 heteroatoms. The molecule has 0 amide bonds. The summed E-state index contributed by atoms with van der Waals surface area (Å²) >= 11 is 0. The van der Waals surface area contributed by atoms with Gasteiger partial charge in [0.05, 0.1) is 19.6 Å². The summed E-state index contributed by atoms with van der Waals surface area (Å²) in [6.45, 7) is 2.28. The molecule has 0 spiro atoms. The maximum Gasteiger partial charge on any atom is 0.375 e. The van der Waals surface area contributed by atoms with E-state index in [0.29, 0.717) is 17.9 Å². The van der Waals surface area contributed by atoms with E-state index in [4.69, 9.17) is 4.74 Å². The molecule has 0 atom stereocenters. The third-order valence-electron chi connectivity index (χ3n) is 3.72. The maximum atomic E-state index is 12.0. The Balaban J connectivity index is 1.77. The first kappa shape index (κ1) is 19.4. The minimum absolute atomic E-state index is 0.106. The SMILES string of the molecule is CCOC(=O)C(=O)CC(=O)c1ccc(OCCCc2ccccc2)cc1. The van der Waals surface area contributed by atoms with E-state index in [1.165, 1.54) is 5.56 Å². The Morgan fingerprint density at radius 2 is 1.62 bits per heavy atom. The summed E-state index contributed by atoms with van der Waals surface area (Å²) in [4.78, 5) is 34.8. The normalized spacial score (nSPS) is 10.2. The van der Waals surface area contributed by atoms with E-state index in [-0.39, 0.29) is 6.61 Å². The zero-order valence-corrected chi connectivity index (χ0v) is 14.8. The molecule has 2 rings (SSSR count). The molecule has 2 aromatic carbocycles. The number of carbonyl (C=O) groups is 3. The summed E-state index contributed by atoms with van der Waals surface area (Å²) in [5, 5.41) is 0. The zero-order valence-electron chi connectivity index (χ0n) is 14.8. The van der Waals surface area contributed by atoms with Crippen molar-refractivity contribution in [2.75, 3.05) is 13.2 Å². The lowest BCUT2D eigenvalue weighted by Gasteiger charge is -2.07. The molecule has 0 saturated heterocycles. The molecule has 136 valence electrons. The van der Waals surface area contributed by atoms with Gasteiger partial charge in [-0.05, 0) is 49.6 Å². The molecular formula is C21H22O5. The van der Waals surface area contributed by atoms with E-state index < -0.39 is 24.0 Å². The lowest BCUT2D eigenvalue weighted by Crippen LogP contribution is -2.20. The predicted octanol–water partition coefficient (Wildman–Crippen LogP) is 3.40. The van der Waals surface area contributed by atoms with Gasteiger partial charge < -0.3 is 9.47 Å². The number of hydrogen-bond acceptors (Lipinski definition) is 5. The summed E-state index contributed by atoms with van der Waals surface area (Å²) in [5.74, 6) is -1.57. The van der Waals surface area contributed by atoms with Crippen molar-refractivity contribution in [3.63, 3.8) is 0 Å². The van der Waals surface area contributed by atoms with Crippen molar-refractivity contribution in [1.82, 2.24) is 0 Å². The van der Waals surface area contributed by atoms with Crippen molar-refractivity contribution in [1.29, 1.82) is 0 Å². The molecular weight excluding hydrogens is 332 g/mol. The lowest BCUT2D eigenvalue weighted by atomic mass is 10.1. The third kappa shape index (κ3) is 6.16. The average Bonchev–Trinajstić information content (AvgIpc) is 2.66. The molecule has 0 N–H and O–H groups in total. The smallest absolute Gasteiger partial charge is 0.375 e. The molecule has 0 radical (unpaired) electrons. The van der Waals surface area contributed by atoms with Gasteiger partial charge in [-0.15, -0.1) is 0 Å². The molecule has 0 aliphatic rings. The largest absolute Gasteiger partial charge is 0.494 e. The minimum atomic E-state index is -0.973. The fourth-order valence-corrected chi connectivity index (χ4v) is 2.38. The van der Waals surface area contributed by atoms with Crippen LogP contribution in [0.25, 0.3) is 0 Å². The van der Waals surface area contributed by atoms with Crippen LogP contribution in [0.1, 0.15) is 35.7 Å². The minimum Gasteiger partial charge on any atom is -0.494 e. The summed E-state index contributed by atoms with van der Waals surface area (Å²) in [6.07, 6.45) is 1.34. The van der Waals surface area contributed by atoms with Crippen molar-refractivity contribution in [2.45, 2.75) is 26.2 Å². The highest BCUT2D eigenvalue weighted by Gasteiger charge is 2.19. The molecule has 0 aliphatic heterocycles. The van der Waals surface area contributed by atoms with E-state index in [9.17, 15) is 14.4 Å². The highest BCUT2D eigenvalue weighted by molar-refractivity contribution is 6.38. The van der Waals surface area contributed by atoms with E-state index >= 15 is 0 Å². The van der Waals surface area contributed by atoms with Crippen LogP contribution in [0, 0.1) is 0 Å². The van der Waals surface area contributed by atoms with Crippen LogP contribution < -0.4 is 4.74 Å². The van der Waals surface area contributed by atoms with Crippen molar-refractivity contribution in [3.05, 3.63) is 65.7 Å². The molecule has 26 heavy (non-hydrogen) atoms. The van der Waals surface area contributed by atoms with Gasteiger partial charge >= 0.3 is 5.97 Å². The number of ketones is 2. The topological polar surface area (TPSA) is 69.7 Å². The molecule has 0 unspecified atom stereocenters. The van der Waals surface area contributed by atoms with E-state index in [1.54, 1.807) is 31.2 Å². The molecule has 0 aliphatic carbocycles. The zero-order chi connectivity index (χ0) is 18.8. The quantitative estimate of drug-likeness (QED) is 0.215. The highest BCUT2D eigenvalue weighted by Crippen LogP contribution is 2.14. The fourth-order valence-electron chi connectivity index (χ4n) is 2.38. The third-order valence-corrected chi connectivity index (χ3v) is 3.72. The second-order valence-corrected chi connectivity index (χ2v) is 5.71. The number of benzene rings is 2. The second-order valence-electron chi connectivity index (χ2n) is 5.71. The maximum absolute atomic E-state index is 12.0. The summed E-state index contributed by atoms with van der Waals surface area (Å²) in [6, 6.07) is 16.7. The van der Waals surface area contributed by atoms with Crippen LogP contribution in [0.3, 0.4) is 0 Å². The van der Waals surface area contributed by atoms with Crippen LogP contribution in [0.2, 0.25) is 0 Å². The Bertz CT molecular complexity index is 735. The van der Waals surface area contributed by atoms with Crippen molar-refractivity contribution in [3.8, 4) is 5.75 Å². The molecule has 0 bridgehead atoms. The average molecular weight is 354 g/mol. The Labute approximate surface area is 152 Å². The Hall–Kier alpha value is -2.95. The van der Waals surface area contributed by atoms with Gasteiger partial charge in [0, 0.05) is 5.56 Å². The van der Waals surface area contributed by atoms with E-state index in [2.05, 4.69) is 16.9 Å². The number of Topliss-reactive ketones (excluding diaryl/α,β-unsaturated/α-hetero) is 2. The van der Waals surface area contributed by atoms with Gasteiger partial charge in [-0.1, -0.05) is 30.3 Å². The van der Waals surface area contributed by atoms with Crippen LogP contribution in [0.4, 0.5) is 0 Å². The van der Waals surface area contributed by atoms with Gasteiger partial charge in [0.2, 0.25) is 5.78 Å². The first-order valence-corrected chi connectivity index (χ1v) is 8.60. The monoisotopic (exact) mass is 354 g/mol. The standard InChI is InChI=1S/C21H22O5/c1-2-25-21(24)20(23)15-19(22)17-10-12-18(13-11-17)26-14-6-9-16-7-4-3-5-8-16/h3-5,7-8,10-13H,2,6,9,14-15H2,1H3. The molecule has 2 aromatic rings. The number of hydrogen-bond donors (Lipinski definition) is 0. The Kier molecular flexibility index (Phi) is 7.55. The van der Waals surface area contributed by atoms with Gasteiger partial charge in [-0.3, -0.25) is 9.59 Å². The van der Waals surface area contributed by atoms with Gasteiger partial charge in [0.25, 0.3) is 0 Å². The molecule has 0 heterocycles. The Morgan fingerprint density at radius 1 is 0.923 bits per heavy atom. The summed E-state index contributed by atoms with van der Waals surface area (Å²) in [5.41, 5.74) is 1.63. The van der Waals surface area contributed by atoms with Crippen molar-refractivity contribution >= 4 is 17.5 Å². The van der Waals surface area contributed by atoms with Gasteiger partial charge in [-0.25, -0.2) is 4.79 Å². The molecule has 0 saturated carbocycles. The number of esters is 1. The van der Waals surface area contributed by atoms with E-state index in [1.807, 2.05) is 18.2 Å². The lowest BCUT2D eigenvalue weighted by molar-refractivity contribution is -0.153. The van der Waals surface area contributed by atoms with Gasteiger partial charge in [0.1, 0.15) is 5.75 Å². The van der Waals surface area contributed by atoms with Crippen LogP contribution in [-0.4, -0.2) is 30.7 Å². The van der Waals surface area contributed by atoms with Gasteiger partial charge in [0.15, 0.2) is 5.78 Å².